The average Bonchev–Trinajstić information content (AvgIpc) is 2.93. The maximum absolute atomic E-state index is 11.8. The maximum atomic E-state index is 11.8. The first-order chi connectivity index (χ1) is 10.1. The van der Waals surface area contributed by atoms with Crippen LogP contribution in [0.4, 0.5) is 0 Å². The molecular formula is C15H19N3O2S. The summed E-state index contributed by atoms with van der Waals surface area (Å²) in [6.45, 7) is 6.52. The molecule has 6 heteroatoms. The number of nitrogens with zero attached hydrogens (tertiary/aromatic N) is 2. The number of carbonyl (C=O) groups excluding carboxylic acids is 1. The third-order valence-corrected chi connectivity index (χ3v) is 3.91. The lowest BCUT2D eigenvalue weighted by atomic mass is 10.1. The molecule has 1 atom stereocenters. The molecule has 0 saturated heterocycles. The first-order valence-electron chi connectivity index (χ1n) is 6.95. The van der Waals surface area contributed by atoms with E-state index in [9.17, 15) is 4.79 Å². The molecule has 1 amide bonds. The fourth-order valence-electron chi connectivity index (χ4n) is 1.78. The Balaban J connectivity index is 2.04. The molecule has 0 aliphatic heterocycles. The van der Waals surface area contributed by atoms with Gasteiger partial charge in [-0.15, -0.1) is 10.2 Å². The van der Waals surface area contributed by atoms with Crippen LogP contribution in [-0.2, 0) is 4.79 Å². The predicted octanol–water partition coefficient (Wildman–Crippen LogP) is 3.05. The highest BCUT2D eigenvalue weighted by Crippen LogP contribution is 2.27. The Morgan fingerprint density at radius 1 is 1.38 bits per heavy atom. The molecule has 0 aliphatic rings. The number of thioether (sulfide) groups is 1. The van der Waals surface area contributed by atoms with Gasteiger partial charge in [-0.05, 0) is 31.9 Å². The SMILES string of the molecule is CCCNC(=O)[C@H](C)Sc1nnc(-c2ccccc2C)o1. The number of nitrogens with one attached hydrogen (secondary N) is 1. The van der Waals surface area contributed by atoms with Crippen molar-refractivity contribution in [2.45, 2.75) is 37.7 Å². The molecule has 0 spiro atoms. The number of aryl methyl sites for hydroxylation is 1. The Kier molecular flexibility index (Phi) is 5.38. The second kappa shape index (κ2) is 7.26. The minimum Gasteiger partial charge on any atom is -0.411 e. The van der Waals surface area contributed by atoms with E-state index in [4.69, 9.17) is 4.42 Å². The molecule has 0 saturated carbocycles. The van der Waals surface area contributed by atoms with Gasteiger partial charge in [-0.2, -0.15) is 0 Å². The van der Waals surface area contributed by atoms with Gasteiger partial charge in [-0.1, -0.05) is 36.9 Å². The van der Waals surface area contributed by atoms with Gasteiger partial charge >= 0.3 is 0 Å². The van der Waals surface area contributed by atoms with Gasteiger partial charge in [0.15, 0.2) is 0 Å². The Bertz CT molecular complexity index is 612. The van der Waals surface area contributed by atoms with Crippen molar-refractivity contribution in [1.29, 1.82) is 0 Å². The summed E-state index contributed by atoms with van der Waals surface area (Å²) in [6.07, 6.45) is 0.918. The van der Waals surface area contributed by atoms with Crippen LogP contribution in [0.2, 0.25) is 0 Å². The quantitative estimate of drug-likeness (QED) is 0.831. The van der Waals surface area contributed by atoms with Crippen LogP contribution in [0.5, 0.6) is 0 Å². The second-order valence-corrected chi connectivity index (χ2v) is 6.03. The predicted molar refractivity (Wildman–Crippen MR) is 83.1 cm³/mol. The summed E-state index contributed by atoms with van der Waals surface area (Å²) < 4.78 is 5.64. The highest BCUT2D eigenvalue weighted by molar-refractivity contribution is 8.00. The van der Waals surface area contributed by atoms with E-state index in [0.29, 0.717) is 17.7 Å². The number of rotatable bonds is 6. The fourth-order valence-corrected chi connectivity index (χ4v) is 2.48. The highest BCUT2D eigenvalue weighted by Gasteiger charge is 2.18. The molecule has 1 N–H and O–H groups in total. The van der Waals surface area contributed by atoms with E-state index in [1.165, 1.54) is 11.8 Å². The van der Waals surface area contributed by atoms with E-state index in [2.05, 4.69) is 15.5 Å². The lowest BCUT2D eigenvalue weighted by Gasteiger charge is -2.08. The number of carbonyl (C=O) groups is 1. The van der Waals surface area contributed by atoms with Crippen molar-refractivity contribution in [2.24, 2.45) is 0 Å². The van der Waals surface area contributed by atoms with Crippen LogP contribution < -0.4 is 5.32 Å². The van der Waals surface area contributed by atoms with Gasteiger partial charge in [0.25, 0.3) is 5.22 Å². The summed E-state index contributed by atoms with van der Waals surface area (Å²) in [5.74, 6) is 0.467. The summed E-state index contributed by atoms with van der Waals surface area (Å²) in [7, 11) is 0. The molecule has 0 aliphatic carbocycles. The normalized spacial score (nSPS) is 12.1. The maximum Gasteiger partial charge on any atom is 0.277 e. The van der Waals surface area contributed by atoms with Crippen molar-refractivity contribution < 1.29 is 9.21 Å². The summed E-state index contributed by atoms with van der Waals surface area (Å²) in [6, 6.07) is 7.83. The number of benzene rings is 1. The lowest BCUT2D eigenvalue weighted by Crippen LogP contribution is -2.31. The summed E-state index contributed by atoms with van der Waals surface area (Å²) >= 11 is 1.27. The van der Waals surface area contributed by atoms with E-state index >= 15 is 0 Å². The number of hydrogen-bond donors (Lipinski definition) is 1. The zero-order valence-corrected chi connectivity index (χ0v) is 13.2. The van der Waals surface area contributed by atoms with Gasteiger partial charge in [0.1, 0.15) is 0 Å². The highest BCUT2D eigenvalue weighted by atomic mass is 32.2. The van der Waals surface area contributed by atoms with Crippen molar-refractivity contribution >= 4 is 17.7 Å². The average molecular weight is 305 g/mol. The first-order valence-corrected chi connectivity index (χ1v) is 7.83. The van der Waals surface area contributed by atoms with Gasteiger partial charge in [-0.3, -0.25) is 4.79 Å². The van der Waals surface area contributed by atoms with Gasteiger partial charge < -0.3 is 9.73 Å². The monoisotopic (exact) mass is 305 g/mol. The number of aromatic nitrogens is 2. The molecule has 0 radical (unpaired) electrons. The molecule has 1 heterocycles. The molecule has 0 fully saturated rings. The van der Waals surface area contributed by atoms with Crippen molar-refractivity contribution in [2.75, 3.05) is 6.54 Å². The number of hydrogen-bond acceptors (Lipinski definition) is 5. The van der Waals surface area contributed by atoms with Crippen molar-refractivity contribution in [3.63, 3.8) is 0 Å². The molecule has 1 aromatic carbocycles. The van der Waals surface area contributed by atoms with Gasteiger partial charge in [0.05, 0.1) is 5.25 Å². The smallest absolute Gasteiger partial charge is 0.277 e. The standard InChI is InChI=1S/C15H19N3O2S/c1-4-9-16-13(19)11(3)21-15-18-17-14(20-15)12-8-6-5-7-10(12)2/h5-8,11H,4,9H2,1-3H3,(H,16,19)/t11-/m0/s1. The lowest BCUT2D eigenvalue weighted by molar-refractivity contribution is -0.120. The Labute approximate surface area is 128 Å². The summed E-state index contributed by atoms with van der Waals surface area (Å²) in [5.41, 5.74) is 1.99. The van der Waals surface area contributed by atoms with E-state index in [1.54, 1.807) is 0 Å². The molecule has 1 aromatic heterocycles. The Morgan fingerprint density at radius 3 is 2.86 bits per heavy atom. The van der Waals surface area contributed by atoms with Crippen LogP contribution in [0.25, 0.3) is 11.5 Å². The second-order valence-electron chi connectivity index (χ2n) is 4.74. The Morgan fingerprint density at radius 2 is 2.14 bits per heavy atom. The third kappa shape index (κ3) is 4.07. The van der Waals surface area contributed by atoms with E-state index in [0.717, 1.165) is 17.5 Å². The fraction of sp³-hybridized carbons (Fsp3) is 0.400. The molecule has 0 unspecified atom stereocenters. The summed E-state index contributed by atoms with van der Waals surface area (Å²) in [5, 5.41) is 11.1. The van der Waals surface area contributed by atoms with E-state index in [-0.39, 0.29) is 11.2 Å². The zero-order valence-electron chi connectivity index (χ0n) is 12.4. The van der Waals surface area contributed by atoms with Gasteiger partial charge in [0, 0.05) is 12.1 Å². The van der Waals surface area contributed by atoms with E-state index in [1.807, 2.05) is 45.0 Å². The summed E-state index contributed by atoms with van der Waals surface area (Å²) in [4.78, 5) is 11.8. The minimum absolute atomic E-state index is 0.0162. The van der Waals surface area contributed by atoms with Crippen molar-refractivity contribution in [1.82, 2.24) is 15.5 Å². The van der Waals surface area contributed by atoms with Crippen LogP contribution in [0, 0.1) is 6.92 Å². The minimum atomic E-state index is -0.262. The molecular weight excluding hydrogens is 286 g/mol. The topological polar surface area (TPSA) is 68.0 Å². The molecule has 2 aromatic rings. The van der Waals surface area contributed by atoms with Crippen molar-refractivity contribution in [3.05, 3.63) is 29.8 Å². The van der Waals surface area contributed by atoms with Gasteiger partial charge in [-0.25, -0.2) is 0 Å². The number of amides is 1. The largest absolute Gasteiger partial charge is 0.411 e. The zero-order chi connectivity index (χ0) is 15.2. The van der Waals surface area contributed by atoms with Crippen LogP contribution in [-0.4, -0.2) is 27.9 Å². The Hall–Kier alpha value is -1.82. The van der Waals surface area contributed by atoms with Crippen molar-refractivity contribution in [3.8, 4) is 11.5 Å². The van der Waals surface area contributed by atoms with E-state index < -0.39 is 0 Å². The third-order valence-electron chi connectivity index (χ3n) is 2.98. The molecule has 5 nitrogen and oxygen atoms in total. The molecule has 112 valence electrons. The van der Waals surface area contributed by atoms with Crippen LogP contribution in [0.1, 0.15) is 25.8 Å². The molecule has 2 rings (SSSR count). The van der Waals surface area contributed by atoms with Crippen LogP contribution in [0.15, 0.2) is 33.9 Å². The molecule has 0 bridgehead atoms. The molecule has 21 heavy (non-hydrogen) atoms. The van der Waals surface area contributed by atoms with Gasteiger partial charge in [0.2, 0.25) is 11.8 Å². The van der Waals surface area contributed by atoms with Crippen LogP contribution in [0.3, 0.4) is 0 Å². The first kappa shape index (κ1) is 15.6. The van der Waals surface area contributed by atoms with Crippen LogP contribution >= 0.6 is 11.8 Å².